The molecule has 0 atom stereocenters. The molecule has 0 spiro atoms. The van der Waals surface area contributed by atoms with Crippen LogP contribution in [0.25, 0.3) is 16.5 Å². The lowest BCUT2D eigenvalue weighted by atomic mass is 9.84. The van der Waals surface area contributed by atoms with Crippen molar-refractivity contribution < 1.29 is 0 Å². The van der Waals surface area contributed by atoms with Crippen LogP contribution in [-0.4, -0.2) is 6.54 Å². The molecule has 0 aliphatic rings. The van der Waals surface area contributed by atoms with Gasteiger partial charge in [0.25, 0.3) is 0 Å². The first-order valence-electron chi connectivity index (χ1n) is 7.73. The van der Waals surface area contributed by atoms with E-state index in [1.54, 1.807) is 0 Å². The van der Waals surface area contributed by atoms with Crippen molar-refractivity contribution in [1.29, 1.82) is 0 Å². The first-order chi connectivity index (χ1) is 9.88. The van der Waals surface area contributed by atoms with Crippen molar-refractivity contribution in [1.82, 2.24) is 0 Å². The maximum Gasteiger partial charge on any atom is 0.0443 e. The summed E-state index contributed by atoms with van der Waals surface area (Å²) in [4.78, 5) is 2.79. The molecule has 0 aliphatic carbocycles. The minimum atomic E-state index is 0.400. The standard InChI is InChI=1S/C18H27N3/c1-12(2)15-10-17(13(3)4)16(8-7-9-20-21-19)18(11-15)14(5)6/h7-8,10-14H,9H2,1-6H3. The van der Waals surface area contributed by atoms with Gasteiger partial charge in [0.1, 0.15) is 0 Å². The fraction of sp³-hybridized carbons (Fsp3) is 0.556. The summed E-state index contributed by atoms with van der Waals surface area (Å²) in [5, 5.41) is 3.58. The molecule has 0 aromatic heterocycles. The molecule has 0 amide bonds. The van der Waals surface area contributed by atoms with Crippen molar-refractivity contribution >= 4 is 6.08 Å². The second kappa shape index (κ2) is 7.90. The maximum absolute atomic E-state index is 8.37. The molecule has 0 heterocycles. The van der Waals surface area contributed by atoms with Gasteiger partial charge in [-0.15, -0.1) is 0 Å². The highest BCUT2D eigenvalue weighted by Crippen LogP contribution is 2.32. The van der Waals surface area contributed by atoms with Crippen molar-refractivity contribution in [2.75, 3.05) is 6.54 Å². The Kier molecular flexibility index (Phi) is 6.51. The monoisotopic (exact) mass is 285 g/mol. The van der Waals surface area contributed by atoms with Crippen molar-refractivity contribution in [3.63, 3.8) is 0 Å². The van der Waals surface area contributed by atoms with Gasteiger partial charge in [-0.2, -0.15) is 0 Å². The maximum atomic E-state index is 8.37. The smallest absolute Gasteiger partial charge is 0.0443 e. The van der Waals surface area contributed by atoms with Crippen LogP contribution in [0.15, 0.2) is 23.3 Å². The van der Waals surface area contributed by atoms with Gasteiger partial charge in [0.05, 0.1) is 0 Å². The first kappa shape index (κ1) is 17.3. The molecule has 0 unspecified atom stereocenters. The number of azide groups is 1. The molecule has 3 heteroatoms. The predicted octanol–water partition coefficient (Wildman–Crippen LogP) is 6.38. The van der Waals surface area contributed by atoms with Crippen LogP contribution in [-0.2, 0) is 0 Å². The lowest BCUT2D eigenvalue weighted by Crippen LogP contribution is -2.03. The number of benzene rings is 1. The van der Waals surface area contributed by atoms with Crippen LogP contribution in [0.2, 0.25) is 0 Å². The fourth-order valence-electron chi connectivity index (χ4n) is 2.46. The zero-order chi connectivity index (χ0) is 16.0. The van der Waals surface area contributed by atoms with E-state index in [2.05, 4.69) is 69.8 Å². The summed E-state index contributed by atoms with van der Waals surface area (Å²) in [6.45, 7) is 13.8. The Balaban J connectivity index is 3.42. The van der Waals surface area contributed by atoms with Gasteiger partial charge in [0.15, 0.2) is 0 Å². The van der Waals surface area contributed by atoms with Crippen molar-refractivity contribution in [3.8, 4) is 0 Å². The van der Waals surface area contributed by atoms with E-state index in [0.29, 0.717) is 24.3 Å². The first-order valence-corrected chi connectivity index (χ1v) is 7.73. The molecule has 1 aromatic carbocycles. The third kappa shape index (κ3) is 4.64. The number of hydrogen-bond acceptors (Lipinski definition) is 1. The second-order valence-electron chi connectivity index (χ2n) is 6.39. The molecule has 0 fully saturated rings. The van der Waals surface area contributed by atoms with Crippen LogP contribution >= 0.6 is 0 Å². The molecule has 1 aromatic rings. The van der Waals surface area contributed by atoms with Crippen LogP contribution in [0, 0.1) is 0 Å². The summed E-state index contributed by atoms with van der Waals surface area (Å²) in [5.41, 5.74) is 13.8. The SMILES string of the molecule is CC(C)c1cc(C(C)C)c(C=CCN=[N+]=[N-])c(C(C)C)c1. The highest BCUT2D eigenvalue weighted by Gasteiger charge is 2.15. The molecule has 21 heavy (non-hydrogen) atoms. The van der Waals surface area contributed by atoms with Crippen molar-refractivity contribution in [2.24, 2.45) is 5.11 Å². The lowest BCUT2D eigenvalue weighted by Gasteiger charge is -2.21. The van der Waals surface area contributed by atoms with Gasteiger partial charge in [-0.1, -0.05) is 70.9 Å². The van der Waals surface area contributed by atoms with Crippen LogP contribution in [0.5, 0.6) is 0 Å². The minimum Gasteiger partial charge on any atom is -0.0899 e. The Morgan fingerprint density at radius 2 is 1.52 bits per heavy atom. The molecular weight excluding hydrogens is 258 g/mol. The zero-order valence-corrected chi connectivity index (χ0v) is 14.1. The molecule has 0 saturated carbocycles. The summed E-state index contributed by atoms with van der Waals surface area (Å²) in [6, 6.07) is 4.66. The third-order valence-corrected chi connectivity index (χ3v) is 3.71. The Labute approximate surface area is 128 Å². The number of hydrogen-bond donors (Lipinski definition) is 0. The molecule has 0 radical (unpaired) electrons. The molecule has 0 saturated heterocycles. The van der Waals surface area contributed by atoms with Gasteiger partial charge < -0.3 is 0 Å². The van der Waals surface area contributed by atoms with E-state index in [4.69, 9.17) is 5.53 Å². The summed E-state index contributed by atoms with van der Waals surface area (Å²) in [5.74, 6) is 1.47. The highest BCUT2D eigenvalue weighted by atomic mass is 15.1. The van der Waals surface area contributed by atoms with Gasteiger partial charge in [0.2, 0.25) is 0 Å². The van der Waals surface area contributed by atoms with Crippen LogP contribution in [0.3, 0.4) is 0 Å². The van der Waals surface area contributed by atoms with E-state index >= 15 is 0 Å². The largest absolute Gasteiger partial charge is 0.0899 e. The predicted molar refractivity (Wildman–Crippen MR) is 91.8 cm³/mol. The minimum absolute atomic E-state index is 0.400. The second-order valence-corrected chi connectivity index (χ2v) is 6.39. The van der Waals surface area contributed by atoms with Crippen LogP contribution < -0.4 is 0 Å². The summed E-state index contributed by atoms with van der Waals surface area (Å²) in [6.07, 6.45) is 4.06. The summed E-state index contributed by atoms with van der Waals surface area (Å²) >= 11 is 0. The van der Waals surface area contributed by atoms with E-state index in [1.807, 2.05) is 6.08 Å². The number of nitrogens with zero attached hydrogens (tertiary/aromatic N) is 3. The van der Waals surface area contributed by atoms with Gasteiger partial charge in [-0.3, -0.25) is 0 Å². The average Bonchev–Trinajstić information content (AvgIpc) is 2.42. The van der Waals surface area contributed by atoms with E-state index in [1.165, 1.54) is 22.3 Å². The van der Waals surface area contributed by atoms with Gasteiger partial charge in [-0.05, 0) is 45.5 Å². The van der Waals surface area contributed by atoms with E-state index < -0.39 is 0 Å². The number of rotatable bonds is 6. The van der Waals surface area contributed by atoms with Gasteiger partial charge in [-0.25, -0.2) is 0 Å². The Bertz CT molecular complexity index is 519. The van der Waals surface area contributed by atoms with Crippen molar-refractivity contribution in [2.45, 2.75) is 59.3 Å². The van der Waals surface area contributed by atoms with Crippen LogP contribution in [0.1, 0.15) is 81.5 Å². The summed E-state index contributed by atoms with van der Waals surface area (Å²) < 4.78 is 0. The normalized spacial score (nSPS) is 11.7. The topological polar surface area (TPSA) is 48.8 Å². The lowest BCUT2D eigenvalue weighted by molar-refractivity contribution is 0.801. The summed E-state index contributed by atoms with van der Waals surface area (Å²) in [7, 11) is 0. The van der Waals surface area contributed by atoms with Crippen LogP contribution in [0.4, 0.5) is 0 Å². The fourth-order valence-corrected chi connectivity index (χ4v) is 2.46. The molecule has 0 aliphatic heterocycles. The zero-order valence-electron chi connectivity index (χ0n) is 14.1. The van der Waals surface area contributed by atoms with Gasteiger partial charge in [0, 0.05) is 11.5 Å². The molecule has 3 nitrogen and oxygen atoms in total. The van der Waals surface area contributed by atoms with Gasteiger partial charge >= 0.3 is 0 Å². The Morgan fingerprint density at radius 3 is 1.90 bits per heavy atom. The molecular formula is C18H27N3. The van der Waals surface area contributed by atoms with E-state index in [9.17, 15) is 0 Å². The highest BCUT2D eigenvalue weighted by molar-refractivity contribution is 5.61. The van der Waals surface area contributed by atoms with Crippen molar-refractivity contribution in [3.05, 3.63) is 50.9 Å². The average molecular weight is 285 g/mol. The molecule has 0 bridgehead atoms. The molecule has 1 rings (SSSR count). The Morgan fingerprint density at radius 1 is 1.00 bits per heavy atom. The van der Waals surface area contributed by atoms with E-state index in [0.717, 1.165) is 0 Å². The molecule has 114 valence electrons. The third-order valence-electron chi connectivity index (χ3n) is 3.71. The quantitative estimate of drug-likeness (QED) is 0.331. The van der Waals surface area contributed by atoms with E-state index in [-0.39, 0.29) is 0 Å². The molecule has 0 N–H and O–H groups in total. The Hall–Kier alpha value is -1.73.